The third-order valence-electron chi connectivity index (χ3n) is 6.50. The summed E-state index contributed by atoms with van der Waals surface area (Å²) >= 11 is 0. The first-order valence-electron chi connectivity index (χ1n) is 8.53. The Morgan fingerprint density at radius 2 is 2.10 bits per heavy atom. The quantitative estimate of drug-likeness (QED) is 0.614. The fraction of sp³-hybridized carbons (Fsp3) is 0.842. The molecule has 0 amide bonds. The number of rotatable bonds is 5. The lowest BCUT2D eigenvalue weighted by atomic mass is 9.60. The van der Waals surface area contributed by atoms with E-state index < -0.39 is 0 Å². The van der Waals surface area contributed by atoms with Crippen molar-refractivity contribution >= 4 is 5.78 Å². The number of ketones is 1. The number of allylic oxidation sites excluding steroid dienone is 1. The van der Waals surface area contributed by atoms with Gasteiger partial charge in [0.2, 0.25) is 0 Å². The van der Waals surface area contributed by atoms with Crippen molar-refractivity contribution in [1.29, 1.82) is 0 Å². The second-order valence-electron chi connectivity index (χ2n) is 7.89. The van der Waals surface area contributed by atoms with E-state index in [0.717, 1.165) is 43.4 Å². The van der Waals surface area contributed by atoms with Gasteiger partial charge in [0.25, 0.3) is 0 Å². The van der Waals surface area contributed by atoms with Crippen LogP contribution in [-0.2, 0) is 4.79 Å². The molecule has 20 heavy (non-hydrogen) atoms. The molecule has 0 heterocycles. The number of carbonyl (C=O) groups is 1. The molecule has 0 N–H and O–H groups in total. The van der Waals surface area contributed by atoms with Crippen LogP contribution in [0.25, 0.3) is 0 Å². The summed E-state index contributed by atoms with van der Waals surface area (Å²) < 4.78 is 0. The molecule has 0 aromatic heterocycles. The number of Topliss-reactive ketones (excluding diaryl/α,β-unsaturated/α-hetero) is 1. The highest BCUT2D eigenvalue weighted by Crippen LogP contribution is 2.57. The third kappa shape index (κ3) is 2.87. The molecule has 0 spiro atoms. The number of fused-ring (bicyclic) bond motifs is 1. The molecule has 0 aliphatic heterocycles. The maximum absolute atomic E-state index is 12.2. The fourth-order valence-corrected chi connectivity index (χ4v) is 4.97. The van der Waals surface area contributed by atoms with E-state index in [-0.39, 0.29) is 0 Å². The average molecular weight is 276 g/mol. The Labute approximate surface area is 125 Å². The highest BCUT2D eigenvalue weighted by molar-refractivity contribution is 5.83. The van der Waals surface area contributed by atoms with Crippen LogP contribution in [0.3, 0.4) is 0 Å². The minimum absolute atomic E-state index is 0.298. The summed E-state index contributed by atoms with van der Waals surface area (Å²) in [4.78, 5) is 12.2. The second kappa shape index (κ2) is 6.03. The summed E-state index contributed by atoms with van der Waals surface area (Å²) in [5.74, 6) is 3.15. The van der Waals surface area contributed by atoms with E-state index in [9.17, 15) is 4.79 Å². The monoisotopic (exact) mass is 276 g/mol. The van der Waals surface area contributed by atoms with Crippen LogP contribution in [0.1, 0.15) is 72.6 Å². The van der Waals surface area contributed by atoms with Crippen molar-refractivity contribution in [2.24, 2.45) is 29.1 Å². The standard InChI is InChI=1S/C19H32O/c1-13(2)8-9-14(3)15(4)16-10-11-17-18(20)7-6-12-19(16,17)5/h14-17H,1,6-12H2,2-5H3/t14-,15-,16?,17?,19-/m1/s1. The molecule has 1 heteroatoms. The molecule has 2 aliphatic rings. The summed E-state index contributed by atoms with van der Waals surface area (Å²) in [6, 6.07) is 0. The lowest BCUT2D eigenvalue weighted by Crippen LogP contribution is -2.40. The second-order valence-corrected chi connectivity index (χ2v) is 7.89. The first-order valence-corrected chi connectivity index (χ1v) is 8.53. The van der Waals surface area contributed by atoms with Crippen LogP contribution in [0.15, 0.2) is 12.2 Å². The smallest absolute Gasteiger partial charge is 0.136 e. The van der Waals surface area contributed by atoms with Gasteiger partial charge in [-0.15, -0.1) is 6.58 Å². The number of hydrogen-bond donors (Lipinski definition) is 0. The van der Waals surface area contributed by atoms with Crippen molar-refractivity contribution in [1.82, 2.24) is 0 Å². The Hall–Kier alpha value is -0.590. The van der Waals surface area contributed by atoms with Crippen LogP contribution in [0.5, 0.6) is 0 Å². The normalized spacial score (nSPS) is 36.5. The molecular formula is C19H32O. The molecular weight excluding hydrogens is 244 g/mol. The first kappa shape index (κ1) is 15.8. The van der Waals surface area contributed by atoms with Gasteiger partial charge >= 0.3 is 0 Å². The van der Waals surface area contributed by atoms with Crippen molar-refractivity contribution in [3.63, 3.8) is 0 Å². The zero-order valence-corrected chi connectivity index (χ0v) is 13.9. The topological polar surface area (TPSA) is 17.1 Å². The van der Waals surface area contributed by atoms with Gasteiger partial charge in [-0.3, -0.25) is 4.79 Å². The summed E-state index contributed by atoms with van der Waals surface area (Å²) in [5.41, 5.74) is 1.60. The highest BCUT2D eigenvalue weighted by Gasteiger charge is 2.52. The van der Waals surface area contributed by atoms with E-state index >= 15 is 0 Å². The zero-order valence-electron chi connectivity index (χ0n) is 13.9. The van der Waals surface area contributed by atoms with Gasteiger partial charge < -0.3 is 0 Å². The molecule has 0 aromatic carbocycles. The molecule has 2 aliphatic carbocycles. The van der Waals surface area contributed by atoms with Gasteiger partial charge in [-0.25, -0.2) is 0 Å². The Kier molecular flexibility index (Phi) is 4.76. The predicted octanol–water partition coefficient (Wildman–Crippen LogP) is 5.40. The molecule has 0 bridgehead atoms. The van der Waals surface area contributed by atoms with Crippen LogP contribution < -0.4 is 0 Å². The highest BCUT2D eigenvalue weighted by atomic mass is 16.1. The third-order valence-corrected chi connectivity index (χ3v) is 6.50. The molecule has 2 fully saturated rings. The maximum atomic E-state index is 12.2. The summed E-state index contributed by atoms with van der Waals surface area (Å²) in [6.45, 7) is 13.4. The van der Waals surface area contributed by atoms with Crippen LogP contribution in [-0.4, -0.2) is 5.78 Å². The molecule has 5 atom stereocenters. The Bertz CT molecular complexity index is 383. The zero-order chi connectivity index (χ0) is 14.9. The van der Waals surface area contributed by atoms with E-state index in [0.29, 0.717) is 17.1 Å². The number of hydrogen-bond acceptors (Lipinski definition) is 1. The molecule has 2 rings (SSSR count). The van der Waals surface area contributed by atoms with Gasteiger partial charge in [-0.2, -0.15) is 0 Å². The van der Waals surface area contributed by atoms with Crippen molar-refractivity contribution in [3.05, 3.63) is 12.2 Å². The molecule has 2 unspecified atom stereocenters. The molecule has 2 saturated carbocycles. The van der Waals surface area contributed by atoms with Crippen molar-refractivity contribution in [2.75, 3.05) is 0 Å². The van der Waals surface area contributed by atoms with Crippen molar-refractivity contribution in [2.45, 2.75) is 72.6 Å². The van der Waals surface area contributed by atoms with Crippen LogP contribution >= 0.6 is 0 Å². The summed E-state index contributed by atoms with van der Waals surface area (Å²) in [7, 11) is 0. The summed E-state index contributed by atoms with van der Waals surface area (Å²) in [6.07, 6.45) is 8.05. The van der Waals surface area contributed by atoms with E-state index in [4.69, 9.17) is 0 Å². The lowest BCUT2D eigenvalue weighted by Gasteiger charge is -2.43. The van der Waals surface area contributed by atoms with Gasteiger partial charge in [0, 0.05) is 12.3 Å². The van der Waals surface area contributed by atoms with Crippen molar-refractivity contribution < 1.29 is 4.79 Å². The summed E-state index contributed by atoms with van der Waals surface area (Å²) in [5, 5.41) is 0. The van der Waals surface area contributed by atoms with Gasteiger partial charge in [0.1, 0.15) is 5.78 Å². The van der Waals surface area contributed by atoms with Crippen molar-refractivity contribution in [3.8, 4) is 0 Å². The fourth-order valence-electron chi connectivity index (χ4n) is 4.97. The largest absolute Gasteiger partial charge is 0.299 e. The molecule has 114 valence electrons. The molecule has 0 aromatic rings. The molecule has 0 saturated heterocycles. The first-order chi connectivity index (χ1) is 9.36. The maximum Gasteiger partial charge on any atom is 0.136 e. The van der Waals surface area contributed by atoms with E-state index in [1.165, 1.54) is 24.8 Å². The van der Waals surface area contributed by atoms with Gasteiger partial charge in [-0.1, -0.05) is 26.3 Å². The van der Waals surface area contributed by atoms with Gasteiger partial charge in [-0.05, 0) is 68.6 Å². The van der Waals surface area contributed by atoms with Crippen LogP contribution in [0, 0.1) is 29.1 Å². The number of carbonyl (C=O) groups excluding carboxylic acids is 1. The minimum Gasteiger partial charge on any atom is -0.299 e. The minimum atomic E-state index is 0.298. The van der Waals surface area contributed by atoms with Gasteiger partial charge in [0.15, 0.2) is 0 Å². The average Bonchev–Trinajstić information content (AvgIpc) is 2.73. The Balaban J connectivity index is 2.04. The predicted molar refractivity (Wildman–Crippen MR) is 85.6 cm³/mol. The molecule has 0 radical (unpaired) electrons. The van der Waals surface area contributed by atoms with E-state index in [1.54, 1.807) is 0 Å². The van der Waals surface area contributed by atoms with Crippen LogP contribution in [0.2, 0.25) is 0 Å². The SMILES string of the molecule is C=C(C)CC[C@@H](C)[C@@H](C)C1CCC2C(=O)CCC[C@@]21C. The van der Waals surface area contributed by atoms with Gasteiger partial charge in [0.05, 0.1) is 0 Å². The van der Waals surface area contributed by atoms with E-state index in [1.807, 2.05) is 0 Å². The Morgan fingerprint density at radius 3 is 2.75 bits per heavy atom. The Morgan fingerprint density at radius 1 is 1.40 bits per heavy atom. The van der Waals surface area contributed by atoms with Crippen LogP contribution in [0.4, 0.5) is 0 Å². The lowest BCUT2D eigenvalue weighted by molar-refractivity contribution is -0.130. The molecule has 1 nitrogen and oxygen atoms in total. The van der Waals surface area contributed by atoms with E-state index in [2.05, 4.69) is 34.3 Å².